The predicted molar refractivity (Wildman–Crippen MR) is 82.6 cm³/mol. The molecular formula is C17H22FNO3. The minimum absolute atomic E-state index is 0.120. The van der Waals surface area contributed by atoms with Crippen LogP contribution in [0.4, 0.5) is 4.39 Å². The van der Waals surface area contributed by atoms with Crippen molar-refractivity contribution in [2.24, 2.45) is 0 Å². The van der Waals surface area contributed by atoms with Crippen LogP contribution in [-0.2, 0) is 4.79 Å². The van der Waals surface area contributed by atoms with E-state index in [9.17, 15) is 9.18 Å². The third-order valence-corrected chi connectivity index (χ3v) is 3.65. The van der Waals surface area contributed by atoms with Crippen LogP contribution in [0.3, 0.4) is 0 Å². The molecule has 0 unspecified atom stereocenters. The quantitative estimate of drug-likeness (QED) is 0.787. The molecule has 0 fully saturated rings. The van der Waals surface area contributed by atoms with Gasteiger partial charge in [-0.3, -0.25) is 4.79 Å². The Morgan fingerprint density at radius 3 is 2.91 bits per heavy atom. The highest BCUT2D eigenvalue weighted by atomic mass is 19.1. The van der Waals surface area contributed by atoms with Crippen LogP contribution in [0.25, 0.3) is 0 Å². The van der Waals surface area contributed by atoms with Crippen LogP contribution in [0.2, 0.25) is 0 Å². The zero-order valence-electron chi connectivity index (χ0n) is 12.9. The van der Waals surface area contributed by atoms with Crippen LogP contribution in [0, 0.1) is 5.82 Å². The zero-order chi connectivity index (χ0) is 15.8. The molecule has 0 saturated carbocycles. The number of ether oxygens (including phenoxy) is 2. The highest BCUT2D eigenvalue weighted by Gasteiger charge is 2.08. The monoisotopic (exact) mass is 307 g/mol. The van der Waals surface area contributed by atoms with Crippen molar-refractivity contribution in [3.05, 3.63) is 35.7 Å². The van der Waals surface area contributed by atoms with E-state index in [1.165, 1.54) is 37.7 Å². The van der Waals surface area contributed by atoms with Crippen molar-refractivity contribution in [3.63, 3.8) is 0 Å². The van der Waals surface area contributed by atoms with Crippen molar-refractivity contribution >= 4 is 5.91 Å². The number of methoxy groups -OCH3 is 1. The smallest absolute Gasteiger partial charge is 0.257 e. The SMILES string of the molecule is COc1ccc(OCC(=O)NCCC2=CCCCC2)cc1F. The fraction of sp³-hybridized carbons (Fsp3) is 0.471. The Morgan fingerprint density at radius 1 is 1.36 bits per heavy atom. The lowest BCUT2D eigenvalue weighted by molar-refractivity contribution is -0.123. The maximum absolute atomic E-state index is 13.5. The van der Waals surface area contributed by atoms with Gasteiger partial charge >= 0.3 is 0 Å². The van der Waals surface area contributed by atoms with Crippen molar-refractivity contribution < 1.29 is 18.7 Å². The summed E-state index contributed by atoms with van der Waals surface area (Å²) in [4.78, 5) is 11.7. The number of carbonyl (C=O) groups excluding carboxylic acids is 1. The first-order chi connectivity index (χ1) is 10.7. The van der Waals surface area contributed by atoms with E-state index in [1.807, 2.05) is 0 Å². The summed E-state index contributed by atoms with van der Waals surface area (Å²) in [6.07, 6.45) is 7.95. The second kappa shape index (κ2) is 8.41. The third kappa shape index (κ3) is 5.06. The topological polar surface area (TPSA) is 47.6 Å². The number of halogens is 1. The number of benzene rings is 1. The molecule has 0 aliphatic heterocycles. The van der Waals surface area contributed by atoms with Crippen LogP contribution >= 0.6 is 0 Å². The van der Waals surface area contributed by atoms with Gasteiger partial charge < -0.3 is 14.8 Å². The van der Waals surface area contributed by atoms with E-state index in [-0.39, 0.29) is 18.3 Å². The van der Waals surface area contributed by atoms with Gasteiger partial charge in [-0.15, -0.1) is 0 Å². The van der Waals surface area contributed by atoms with E-state index in [0.29, 0.717) is 12.3 Å². The van der Waals surface area contributed by atoms with E-state index in [1.54, 1.807) is 6.07 Å². The normalized spacial score (nSPS) is 14.2. The van der Waals surface area contributed by atoms with Crippen LogP contribution in [-0.4, -0.2) is 26.2 Å². The van der Waals surface area contributed by atoms with Gasteiger partial charge in [-0.1, -0.05) is 11.6 Å². The van der Waals surface area contributed by atoms with E-state index in [0.717, 1.165) is 19.3 Å². The van der Waals surface area contributed by atoms with Crippen molar-refractivity contribution in [2.75, 3.05) is 20.3 Å². The van der Waals surface area contributed by atoms with Gasteiger partial charge in [0.2, 0.25) is 0 Å². The Bertz CT molecular complexity index is 543. The van der Waals surface area contributed by atoms with Crippen molar-refractivity contribution in [3.8, 4) is 11.5 Å². The predicted octanol–water partition coefficient (Wildman–Crippen LogP) is 3.22. The maximum Gasteiger partial charge on any atom is 0.257 e. The Balaban J connectivity index is 1.69. The van der Waals surface area contributed by atoms with Gasteiger partial charge in [0, 0.05) is 12.6 Å². The van der Waals surface area contributed by atoms with E-state index in [2.05, 4.69) is 11.4 Å². The van der Waals surface area contributed by atoms with Crippen LogP contribution in [0.1, 0.15) is 32.1 Å². The Hall–Kier alpha value is -2.04. The molecule has 2 rings (SSSR count). The molecule has 0 bridgehead atoms. The molecule has 0 spiro atoms. The van der Waals surface area contributed by atoms with E-state index in [4.69, 9.17) is 9.47 Å². The first kappa shape index (κ1) is 16.3. The molecule has 120 valence electrons. The molecule has 22 heavy (non-hydrogen) atoms. The zero-order valence-corrected chi connectivity index (χ0v) is 12.9. The molecule has 0 radical (unpaired) electrons. The number of rotatable bonds is 7. The molecule has 1 N–H and O–H groups in total. The standard InChI is InChI=1S/C17H22FNO3/c1-21-16-8-7-14(11-15(16)18)22-12-17(20)19-10-9-13-5-3-2-4-6-13/h5,7-8,11H,2-4,6,9-10,12H2,1H3,(H,19,20). The van der Waals surface area contributed by atoms with Crippen molar-refractivity contribution in [1.82, 2.24) is 5.32 Å². The molecular weight excluding hydrogens is 285 g/mol. The molecule has 1 aliphatic carbocycles. The van der Waals surface area contributed by atoms with E-state index < -0.39 is 5.82 Å². The van der Waals surface area contributed by atoms with Crippen LogP contribution < -0.4 is 14.8 Å². The molecule has 1 amide bonds. The number of hydrogen-bond donors (Lipinski definition) is 1. The summed E-state index contributed by atoms with van der Waals surface area (Å²) in [7, 11) is 1.40. The number of nitrogens with one attached hydrogen (secondary N) is 1. The summed E-state index contributed by atoms with van der Waals surface area (Å²) in [5, 5.41) is 2.81. The molecule has 1 aliphatic rings. The summed E-state index contributed by atoms with van der Waals surface area (Å²) in [6.45, 7) is 0.496. The summed E-state index contributed by atoms with van der Waals surface area (Å²) in [5.74, 6) is -0.252. The van der Waals surface area contributed by atoms with Crippen LogP contribution in [0.15, 0.2) is 29.8 Å². The Labute approximate surface area is 130 Å². The molecule has 0 atom stereocenters. The van der Waals surface area contributed by atoms with Gasteiger partial charge in [0.1, 0.15) is 5.75 Å². The van der Waals surface area contributed by atoms with Crippen molar-refractivity contribution in [1.29, 1.82) is 0 Å². The second-order valence-corrected chi connectivity index (χ2v) is 5.29. The van der Waals surface area contributed by atoms with Gasteiger partial charge in [0.25, 0.3) is 5.91 Å². The molecule has 5 heteroatoms. The van der Waals surface area contributed by atoms with Crippen LogP contribution in [0.5, 0.6) is 11.5 Å². The highest BCUT2D eigenvalue weighted by Crippen LogP contribution is 2.22. The fourth-order valence-corrected chi connectivity index (χ4v) is 2.43. The summed E-state index contributed by atoms with van der Waals surface area (Å²) < 4.78 is 23.6. The number of allylic oxidation sites excluding steroid dienone is 1. The fourth-order valence-electron chi connectivity index (χ4n) is 2.43. The first-order valence-electron chi connectivity index (χ1n) is 7.60. The molecule has 0 aromatic heterocycles. The first-order valence-corrected chi connectivity index (χ1v) is 7.60. The van der Waals surface area contributed by atoms with E-state index >= 15 is 0 Å². The van der Waals surface area contributed by atoms with Crippen molar-refractivity contribution in [2.45, 2.75) is 32.1 Å². The molecule has 1 aromatic carbocycles. The molecule has 0 saturated heterocycles. The Morgan fingerprint density at radius 2 is 2.23 bits per heavy atom. The third-order valence-electron chi connectivity index (χ3n) is 3.65. The van der Waals surface area contributed by atoms with Gasteiger partial charge in [-0.25, -0.2) is 4.39 Å². The summed E-state index contributed by atoms with van der Waals surface area (Å²) in [5.41, 5.74) is 1.42. The lowest BCUT2D eigenvalue weighted by Crippen LogP contribution is -2.30. The molecule has 1 aromatic rings. The second-order valence-electron chi connectivity index (χ2n) is 5.29. The van der Waals surface area contributed by atoms with Gasteiger partial charge in [-0.2, -0.15) is 0 Å². The number of hydrogen-bond acceptors (Lipinski definition) is 3. The molecule has 4 nitrogen and oxygen atoms in total. The molecule has 0 heterocycles. The average Bonchev–Trinajstić information content (AvgIpc) is 2.54. The average molecular weight is 307 g/mol. The number of amides is 1. The summed E-state index contributed by atoms with van der Waals surface area (Å²) in [6, 6.07) is 4.25. The lowest BCUT2D eigenvalue weighted by atomic mass is 9.97. The lowest BCUT2D eigenvalue weighted by Gasteiger charge is -2.13. The Kier molecular flexibility index (Phi) is 6.25. The van der Waals surface area contributed by atoms with Gasteiger partial charge in [0.15, 0.2) is 18.2 Å². The highest BCUT2D eigenvalue weighted by molar-refractivity contribution is 5.77. The maximum atomic E-state index is 13.5. The summed E-state index contributed by atoms with van der Waals surface area (Å²) >= 11 is 0. The minimum Gasteiger partial charge on any atom is -0.494 e. The largest absolute Gasteiger partial charge is 0.494 e. The van der Waals surface area contributed by atoms with Gasteiger partial charge in [0.05, 0.1) is 7.11 Å². The minimum atomic E-state index is -0.510. The number of carbonyl (C=O) groups is 1. The van der Waals surface area contributed by atoms with Gasteiger partial charge in [-0.05, 0) is 44.2 Å².